The van der Waals surface area contributed by atoms with Gasteiger partial charge in [0.25, 0.3) is 0 Å². The second-order valence-corrected chi connectivity index (χ2v) is 7.40. The molecule has 7 nitrogen and oxygen atoms in total. The van der Waals surface area contributed by atoms with Gasteiger partial charge in [0.05, 0.1) is 10.6 Å². The summed E-state index contributed by atoms with van der Waals surface area (Å²) in [6.07, 6.45) is 5.26. The van der Waals surface area contributed by atoms with Crippen LogP contribution in [0.4, 0.5) is 0 Å². The number of benzene rings is 1. The molecule has 0 unspecified atom stereocenters. The first kappa shape index (κ1) is 17.6. The molecule has 0 saturated heterocycles. The standard InChI is InChI=1S/C16H17N3O4S/c1-18(2)9-7-14(20)16-15(21)8-10-19(17-16)12-5-4-6-13(11-12)24(3,22)23/h4-11H,1-3H3. The zero-order valence-corrected chi connectivity index (χ0v) is 14.3. The number of ketones is 1. The number of aromatic nitrogens is 2. The lowest BCUT2D eigenvalue weighted by Crippen LogP contribution is -2.20. The van der Waals surface area contributed by atoms with E-state index in [1.807, 2.05) is 0 Å². The minimum atomic E-state index is -3.37. The zero-order chi connectivity index (χ0) is 17.9. The van der Waals surface area contributed by atoms with Crippen LogP contribution in [-0.4, -0.2) is 49.2 Å². The third kappa shape index (κ3) is 4.17. The Morgan fingerprint density at radius 2 is 1.96 bits per heavy atom. The molecule has 1 aromatic carbocycles. The molecule has 126 valence electrons. The van der Waals surface area contributed by atoms with E-state index in [9.17, 15) is 18.0 Å². The van der Waals surface area contributed by atoms with E-state index in [1.165, 1.54) is 41.4 Å². The van der Waals surface area contributed by atoms with Gasteiger partial charge in [0.2, 0.25) is 11.2 Å². The molecule has 8 heteroatoms. The van der Waals surface area contributed by atoms with E-state index in [1.54, 1.807) is 31.1 Å². The number of rotatable bonds is 5. The summed E-state index contributed by atoms with van der Waals surface area (Å²) in [7, 11) is 0.122. The number of nitrogens with zero attached hydrogens (tertiary/aromatic N) is 3. The molecule has 0 aliphatic rings. The molecule has 0 bridgehead atoms. The topological polar surface area (TPSA) is 89.3 Å². The molecule has 2 rings (SSSR count). The van der Waals surface area contributed by atoms with Crippen molar-refractivity contribution in [1.82, 2.24) is 14.7 Å². The van der Waals surface area contributed by atoms with E-state index in [-0.39, 0.29) is 10.6 Å². The van der Waals surface area contributed by atoms with Crippen LogP contribution in [-0.2, 0) is 9.84 Å². The summed E-state index contributed by atoms with van der Waals surface area (Å²) in [6, 6.07) is 7.32. The molecule has 0 aliphatic carbocycles. The SMILES string of the molecule is CN(C)C=CC(=O)c1nn(-c2cccc(S(C)(=O)=O)c2)ccc1=O. The first-order valence-electron chi connectivity index (χ1n) is 6.98. The maximum atomic E-state index is 12.1. The fourth-order valence-electron chi connectivity index (χ4n) is 1.87. The van der Waals surface area contributed by atoms with Crippen LogP contribution in [0, 0.1) is 0 Å². The maximum Gasteiger partial charge on any atom is 0.211 e. The maximum absolute atomic E-state index is 12.1. The lowest BCUT2D eigenvalue weighted by atomic mass is 10.2. The van der Waals surface area contributed by atoms with Crippen LogP contribution in [0.25, 0.3) is 5.69 Å². The van der Waals surface area contributed by atoms with Crippen LogP contribution >= 0.6 is 0 Å². The lowest BCUT2D eigenvalue weighted by molar-refractivity contribution is 0.103. The molecule has 0 spiro atoms. The Bertz CT molecular complexity index is 959. The van der Waals surface area contributed by atoms with Crippen LogP contribution < -0.4 is 5.43 Å². The summed E-state index contributed by atoms with van der Waals surface area (Å²) < 4.78 is 24.6. The fraction of sp³-hybridized carbons (Fsp3) is 0.188. The van der Waals surface area contributed by atoms with Crippen molar-refractivity contribution in [2.75, 3.05) is 20.4 Å². The molecule has 0 fully saturated rings. The molecule has 0 atom stereocenters. The Morgan fingerprint density at radius 1 is 1.25 bits per heavy atom. The van der Waals surface area contributed by atoms with Crippen molar-refractivity contribution in [3.63, 3.8) is 0 Å². The molecular formula is C16H17N3O4S. The second kappa shape index (κ2) is 6.79. The van der Waals surface area contributed by atoms with Crippen molar-refractivity contribution in [2.24, 2.45) is 0 Å². The van der Waals surface area contributed by atoms with Gasteiger partial charge in [-0.2, -0.15) is 5.10 Å². The minimum absolute atomic E-state index is 0.126. The van der Waals surface area contributed by atoms with E-state index in [2.05, 4.69) is 5.10 Å². The van der Waals surface area contributed by atoms with Crippen molar-refractivity contribution in [1.29, 1.82) is 0 Å². The number of sulfone groups is 1. The van der Waals surface area contributed by atoms with Crippen molar-refractivity contribution < 1.29 is 13.2 Å². The van der Waals surface area contributed by atoms with Gasteiger partial charge in [-0.15, -0.1) is 0 Å². The molecule has 1 aromatic heterocycles. The van der Waals surface area contributed by atoms with Crippen molar-refractivity contribution in [2.45, 2.75) is 4.90 Å². The van der Waals surface area contributed by atoms with Crippen LogP contribution in [0.1, 0.15) is 10.5 Å². The van der Waals surface area contributed by atoms with Gasteiger partial charge >= 0.3 is 0 Å². The summed E-state index contributed by atoms with van der Waals surface area (Å²) in [5.41, 5.74) is -0.303. The second-order valence-electron chi connectivity index (χ2n) is 5.39. The van der Waals surface area contributed by atoms with Gasteiger partial charge in [-0.1, -0.05) is 6.07 Å². The Kier molecular flexibility index (Phi) is 4.99. The largest absolute Gasteiger partial charge is 0.383 e. The third-order valence-corrected chi connectivity index (χ3v) is 4.19. The summed E-state index contributed by atoms with van der Waals surface area (Å²) in [5.74, 6) is -0.526. The van der Waals surface area contributed by atoms with E-state index in [4.69, 9.17) is 0 Å². The van der Waals surface area contributed by atoms with E-state index >= 15 is 0 Å². The molecule has 0 saturated carbocycles. The Balaban J connectivity index is 2.49. The van der Waals surface area contributed by atoms with Crippen molar-refractivity contribution >= 4 is 15.6 Å². The molecule has 0 amide bonds. The summed E-state index contributed by atoms with van der Waals surface area (Å²) in [4.78, 5) is 25.8. The molecular weight excluding hydrogens is 330 g/mol. The van der Waals surface area contributed by atoms with Gasteiger partial charge in [0, 0.05) is 44.9 Å². The zero-order valence-electron chi connectivity index (χ0n) is 13.5. The van der Waals surface area contributed by atoms with Gasteiger partial charge in [-0.05, 0) is 18.2 Å². The van der Waals surface area contributed by atoms with Crippen LogP contribution in [0.5, 0.6) is 0 Å². The van der Waals surface area contributed by atoms with Crippen LogP contribution in [0.2, 0.25) is 0 Å². The average Bonchev–Trinajstić information content (AvgIpc) is 2.52. The highest BCUT2D eigenvalue weighted by Gasteiger charge is 2.12. The molecule has 24 heavy (non-hydrogen) atoms. The highest BCUT2D eigenvalue weighted by molar-refractivity contribution is 7.90. The normalized spacial score (nSPS) is 11.6. The molecule has 0 N–H and O–H groups in total. The number of carbonyl (C=O) groups excluding carboxylic acids is 1. The first-order valence-corrected chi connectivity index (χ1v) is 8.87. The van der Waals surface area contributed by atoms with Crippen LogP contribution in [0.15, 0.2) is 58.5 Å². The summed E-state index contributed by atoms with van der Waals surface area (Å²) >= 11 is 0. The predicted molar refractivity (Wildman–Crippen MR) is 90.1 cm³/mol. The fourth-order valence-corrected chi connectivity index (χ4v) is 2.54. The van der Waals surface area contributed by atoms with Gasteiger partial charge < -0.3 is 4.90 Å². The molecule has 2 aromatic rings. The van der Waals surface area contributed by atoms with Gasteiger partial charge in [-0.25, -0.2) is 13.1 Å². The first-order chi connectivity index (χ1) is 11.2. The Labute approximate surface area is 139 Å². The lowest BCUT2D eigenvalue weighted by Gasteiger charge is -2.08. The van der Waals surface area contributed by atoms with E-state index < -0.39 is 21.0 Å². The summed E-state index contributed by atoms with van der Waals surface area (Å²) in [6.45, 7) is 0. The quantitative estimate of drug-likeness (QED) is 0.590. The average molecular weight is 347 g/mol. The van der Waals surface area contributed by atoms with Gasteiger partial charge in [0.1, 0.15) is 0 Å². The van der Waals surface area contributed by atoms with Crippen molar-refractivity contribution in [3.8, 4) is 5.69 Å². The van der Waals surface area contributed by atoms with Crippen LogP contribution in [0.3, 0.4) is 0 Å². The molecule has 0 radical (unpaired) electrons. The number of hydrogen-bond acceptors (Lipinski definition) is 6. The third-order valence-electron chi connectivity index (χ3n) is 3.08. The number of allylic oxidation sites excluding steroid dienone is 1. The number of hydrogen-bond donors (Lipinski definition) is 0. The minimum Gasteiger partial charge on any atom is -0.383 e. The summed E-state index contributed by atoms with van der Waals surface area (Å²) in [5, 5.41) is 4.03. The van der Waals surface area contributed by atoms with Crippen molar-refractivity contribution in [3.05, 3.63) is 64.7 Å². The smallest absolute Gasteiger partial charge is 0.211 e. The van der Waals surface area contributed by atoms with Gasteiger partial charge in [0.15, 0.2) is 15.5 Å². The van der Waals surface area contributed by atoms with E-state index in [0.29, 0.717) is 5.69 Å². The van der Waals surface area contributed by atoms with Gasteiger partial charge in [-0.3, -0.25) is 9.59 Å². The predicted octanol–water partition coefficient (Wildman–Crippen LogP) is 0.894. The Hall–Kier alpha value is -2.74. The molecule has 1 heterocycles. The monoisotopic (exact) mass is 347 g/mol. The highest BCUT2D eigenvalue weighted by Crippen LogP contribution is 2.14. The highest BCUT2D eigenvalue weighted by atomic mass is 32.2. The number of carbonyl (C=O) groups is 1. The van der Waals surface area contributed by atoms with E-state index in [0.717, 1.165) is 6.26 Å². The Morgan fingerprint density at radius 3 is 2.58 bits per heavy atom. The molecule has 0 aliphatic heterocycles.